The Morgan fingerprint density at radius 1 is 1.16 bits per heavy atom. The lowest BCUT2D eigenvalue weighted by Gasteiger charge is -2.11. The van der Waals surface area contributed by atoms with Crippen molar-refractivity contribution in [3.63, 3.8) is 0 Å². The fraction of sp³-hybridized carbons (Fsp3) is 0.158. The van der Waals surface area contributed by atoms with Gasteiger partial charge in [-0.1, -0.05) is 41.4 Å². The lowest BCUT2D eigenvalue weighted by atomic mass is 10.1. The Kier molecular flexibility index (Phi) is 4.76. The highest BCUT2D eigenvalue weighted by molar-refractivity contribution is 6.31. The highest BCUT2D eigenvalue weighted by atomic mass is 35.5. The predicted octanol–water partition coefficient (Wildman–Crippen LogP) is 3.97. The fourth-order valence-corrected chi connectivity index (χ4v) is 2.54. The lowest BCUT2D eigenvalue weighted by molar-refractivity contribution is -0.142. The molecule has 0 bridgehead atoms. The first-order valence-electron chi connectivity index (χ1n) is 7.52. The first-order valence-corrected chi connectivity index (χ1v) is 7.90. The van der Waals surface area contributed by atoms with Crippen molar-refractivity contribution in [1.29, 1.82) is 0 Å². The summed E-state index contributed by atoms with van der Waals surface area (Å²) in [7, 11) is 1.25. The van der Waals surface area contributed by atoms with E-state index in [0.717, 1.165) is 5.56 Å². The van der Waals surface area contributed by atoms with Crippen LogP contribution in [0, 0.1) is 6.92 Å². The summed E-state index contributed by atoms with van der Waals surface area (Å²) < 4.78 is 15.9. The number of rotatable bonds is 4. The zero-order chi connectivity index (χ0) is 18.0. The van der Waals surface area contributed by atoms with Crippen LogP contribution in [0.3, 0.4) is 0 Å². The van der Waals surface area contributed by atoms with E-state index in [9.17, 15) is 9.59 Å². The van der Waals surface area contributed by atoms with Gasteiger partial charge in [0, 0.05) is 10.6 Å². The molecule has 0 radical (unpaired) electrons. The van der Waals surface area contributed by atoms with Crippen LogP contribution in [0.25, 0.3) is 22.3 Å². The quantitative estimate of drug-likeness (QED) is 0.660. The van der Waals surface area contributed by atoms with Gasteiger partial charge in [0.2, 0.25) is 11.2 Å². The Labute approximate surface area is 148 Å². The fourth-order valence-electron chi connectivity index (χ4n) is 2.37. The summed E-state index contributed by atoms with van der Waals surface area (Å²) in [5.74, 6) is -0.395. The molecule has 25 heavy (non-hydrogen) atoms. The largest absolute Gasteiger partial charge is 0.474 e. The summed E-state index contributed by atoms with van der Waals surface area (Å²) in [6.45, 7) is 1.56. The minimum atomic E-state index is -0.597. The van der Waals surface area contributed by atoms with E-state index in [4.69, 9.17) is 20.8 Å². The monoisotopic (exact) mass is 358 g/mol. The summed E-state index contributed by atoms with van der Waals surface area (Å²) in [5.41, 5.74) is 1.72. The van der Waals surface area contributed by atoms with Crippen molar-refractivity contribution >= 4 is 28.5 Å². The zero-order valence-corrected chi connectivity index (χ0v) is 14.4. The van der Waals surface area contributed by atoms with Crippen molar-refractivity contribution in [2.75, 3.05) is 13.7 Å². The number of aryl methyl sites for hydroxylation is 1. The molecule has 0 amide bonds. The van der Waals surface area contributed by atoms with Crippen LogP contribution in [-0.4, -0.2) is 19.7 Å². The molecule has 0 saturated heterocycles. The third kappa shape index (κ3) is 3.51. The molecule has 0 atom stereocenters. The van der Waals surface area contributed by atoms with E-state index < -0.39 is 18.0 Å². The number of ether oxygens (including phenoxy) is 2. The van der Waals surface area contributed by atoms with Gasteiger partial charge < -0.3 is 13.9 Å². The molecule has 3 aromatic rings. The number of esters is 1. The van der Waals surface area contributed by atoms with Crippen LogP contribution in [0.1, 0.15) is 5.56 Å². The standard InChI is InChI=1S/C19H15ClO5/c1-11-3-5-12(6-4-11)18-19(24-10-16(21)23-2)17(22)14-9-13(20)7-8-15(14)25-18/h3-9H,10H2,1-2H3. The van der Waals surface area contributed by atoms with Gasteiger partial charge in [0.05, 0.1) is 12.5 Å². The van der Waals surface area contributed by atoms with E-state index in [-0.39, 0.29) is 16.9 Å². The molecule has 2 aromatic carbocycles. The average molecular weight is 359 g/mol. The van der Waals surface area contributed by atoms with Gasteiger partial charge in [-0.2, -0.15) is 0 Å². The lowest BCUT2D eigenvalue weighted by Crippen LogP contribution is -2.17. The van der Waals surface area contributed by atoms with Crippen molar-refractivity contribution < 1.29 is 18.7 Å². The number of carbonyl (C=O) groups excluding carboxylic acids is 1. The number of halogens is 1. The number of hydrogen-bond donors (Lipinski definition) is 0. The summed E-state index contributed by atoms with van der Waals surface area (Å²) in [5, 5.41) is 0.685. The van der Waals surface area contributed by atoms with Crippen LogP contribution in [0.15, 0.2) is 51.7 Å². The maximum atomic E-state index is 12.8. The molecular weight excluding hydrogens is 344 g/mol. The van der Waals surface area contributed by atoms with E-state index in [0.29, 0.717) is 16.2 Å². The topological polar surface area (TPSA) is 65.7 Å². The summed E-state index contributed by atoms with van der Waals surface area (Å²) in [6, 6.07) is 12.2. The second-order valence-corrected chi connectivity index (χ2v) is 5.90. The molecule has 1 heterocycles. The highest BCUT2D eigenvalue weighted by Gasteiger charge is 2.19. The number of fused-ring (bicyclic) bond motifs is 1. The van der Waals surface area contributed by atoms with Gasteiger partial charge in [-0.05, 0) is 25.1 Å². The molecule has 0 fully saturated rings. The minimum absolute atomic E-state index is 0.0518. The highest BCUT2D eigenvalue weighted by Crippen LogP contribution is 2.31. The Hall–Kier alpha value is -2.79. The molecule has 0 saturated carbocycles. The molecule has 0 aliphatic rings. The molecule has 0 N–H and O–H groups in total. The maximum Gasteiger partial charge on any atom is 0.343 e. The summed E-state index contributed by atoms with van der Waals surface area (Å²) >= 11 is 5.97. The molecular formula is C19H15ClO5. The average Bonchev–Trinajstić information content (AvgIpc) is 2.61. The Balaban J connectivity index is 2.21. The SMILES string of the molecule is COC(=O)COc1c(-c2ccc(C)cc2)oc2ccc(Cl)cc2c1=O. The van der Waals surface area contributed by atoms with Crippen molar-refractivity contribution in [2.24, 2.45) is 0 Å². The van der Waals surface area contributed by atoms with E-state index in [1.54, 1.807) is 12.1 Å². The number of methoxy groups -OCH3 is 1. The van der Waals surface area contributed by atoms with E-state index in [1.807, 2.05) is 31.2 Å². The Morgan fingerprint density at radius 3 is 2.56 bits per heavy atom. The molecule has 0 unspecified atom stereocenters. The zero-order valence-electron chi connectivity index (χ0n) is 13.7. The molecule has 0 spiro atoms. The molecule has 0 aliphatic carbocycles. The van der Waals surface area contributed by atoms with Crippen molar-refractivity contribution in [3.05, 3.63) is 63.3 Å². The summed E-state index contributed by atoms with van der Waals surface area (Å²) in [6.07, 6.45) is 0. The first kappa shape index (κ1) is 17.0. The van der Waals surface area contributed by atoms with Gasteiger partial charge in [-0.3, -0.25) is 4.79 Å². The van der Waals surface area contributed by atoms with Crippen LogP contribution >= 0.6 is 11.6 Å². The van der Waals surface area contributed by atoms with E-state index >= 15 is 0 Å². The van der Waals surface area contributed by atoms with Gasteiger partial charge in [0.25, 0.3) is 0 Å². The van der Waals surface area contributed by atoms with Crippen molar-refractivity contribution in [1.82, 2.24) is 0 Å². The molecule has 1 aromatic heterocycles. The van der Waals surface area contributed by atoms with Crippen LogP contribution in [0.4, 0.5) is 0 Å². The molecule has 0 aliphatic heterocycles. The van der Waals surface area contributed by atoms with Gasteiger partial charge in [0.1, 0.15) is 5.58 Å². The first-order chi connectivity index (χ1) is 12.0. The van der Waals surface area contributed by atoms with Gasteiger partial charge >= 0.3 is 5.97 Å². The Morgan fingerprint density at radius 2 is 1.88 bits per heavy atom. The third-order valence-electron chi connectivity index (χ3n) is 3.69. The van der Waals surface area contributed by atoms with Crippen molar-refractivity contribution in [3.8, 4) is 17.1 Å². The normalized spacial score (nSPS) is 10.7. The predicted molar refractivity (Wildman–Crippen MR) is 95.2 cm³/mol. The van der Waals surface area contributed by atoms with Crippen LogP contribution in [0.5, 0.6) is 5.75 Å². The number of carbonyl (C=O) groups is 1. The number of hydrogen-bond acceptors (Lipinski definition) is 5. The molecule has 6 heteroatoms. The van der Waals surface area contributed by atoms with Crippen LogP contribution in [-0.2, 0) is 9.53 Å². The third-order valence-corrected chi connectivity index (χ3v) is 3.92. The van der Waals surface area contributed by atoms with Gasteiger partial charge in [-0.25, -0.2) is 4.79 Å². The van der Waals surface area contributed by atoms with Crippen LogP contribution in [0.2, 0.25) is 5.02 Å². The second-order valence-electron chi connectivity index (χ2n) is 5.46. The molecule has 3 rings (SSSR count). The molecule has 128 valence electrons. The molecule has 5 nitrogen and oxygen atoms in total. The Bertz CT molecular complexity index is 989. The van der Waals surface area contributed by atoms with E-state index in [1.165, 1.54) is 13.2 Å². The second kappa shape index (κ2) is 6.99. The van der Waals surface area contributed by atoms with Gasteiger partial charge in [0.15, 0.2) is 12.4 Å². The van der Waals surface area contributed by atoms with Gasteiger partial charge in [-0.15, -0.1) is 0 Å². The summed E-state index contributed by atoms with van der Waals surface area (Å²) in [4.78, 5) is 24.3. The minimum Gasteiger partial charge on any atom is -0.474 e. The smallest absolute Gasteiger partial charge is 0.343 e. The number of benzene rings is 2. The maximum absolute atomic E-state index is 12.8. The van der Waals surface area contributed by atoms with E-state index in [2.05, 4.69) is 4.74 Å². The van der Waals surface area contributed by atoms with Crippen molar-refractivity contribution in [2.45, 2.75) is 6.92 Å². The van der Waals surface area contributed by atoms with Crippen LogP contribution < -0.4 is 10.2 Å².